The molecule has 0 aliphatic rings. The molecule has 12 heteroatoms. The van der Waals surface area contributed by atoms with Crippen molar-refractivity contribution in [1.82, 2.24) is 15.2 Å². The van der Waals surface area contributed by atoms with E-state index >= 15 is 0 Å². The number of nitrogens with zero attached hydrogens (tertiary/aromatic N) is 3. The van der Waals surface area contributed by atoms with Gasteiger partial charge in [-0.05, 0) is 24.3 Å². The number of halogens is 2. The van der Waals surface area contributed by atoms with E-state index in [2.05, 4.69) is 20.5 Å². The van der Waals surface area contributed by atoms with Crippen molar-refractivity contribution in [2.24, 2.45) is 0 Å². The lowest BCUT2D eigenvalue weighted by Gasteiger charge is -2.08. The molecule has 0 radical (unpaired) electrons. The van der Waals surface area contributed by atoms with Crippen LogP contribution in [-0.4, -0.2) is 38.9 Å². The third kappa shape index (κ3) is 5.17. The van der Waals surface area contributed by atoms with Crippen molar-refractivity contribution in [2.45, 2.75) is 5.16 Å². The van der Waals surface area contributed by atoms with E-state index in [0.717, 1.165) is 35.2 Å². The van der Waals surface area contributed by atoms with E-state index in [1.165, 1.54) is 0 Å². The second-order valence-electron chi connectivity index (χ2n) is 5.57. The smallest absolute Gasteiger partial charge is 0.272 e. The molecule has 0 unspecified atom stereocenters. The fourth-order valence-electron chi connectivity index (χ4n) is 2.28. The summed E-state index contributed by atoms with van der Waals surface area (Å²) in [7, 11) is 1.58. The van der Waals surface area contributed by atoms with Crippen LogP contribution in [0, 0.1) is 10.1 Å². The Labute approximate surface area is 178 Å². The molecule has 0 aliphatic carbocycles. The zero-order chi connectivity index (χ0) is 21.0. The van der Waals surface area contributed by atoms with Gasteiger partial charge in [0.1, 0.15) is 5.75 Å². The fourth-order valence-corrected chi connectivity index (χ4v) is 3.45. The molecule has 29 heavy (non-hydrogen) atoms. The molecular weight excluding hydrogens is 441 g/mol. The molecule has 0 fully saturated rings. The van der Waals surface area contributed by atoms with Gasteiger partial charge in [-0.2, -0.15) is 0 Å². The summed E-state index contributed by atoms with van der Waals surface area (Å²) in [5, 5.41) is 20.6. The predicted molar refractivity (Wildman–Crippen MR) is 111 cm³/mol. The van der Waals surface area contributed by atoms with E-state index in [4.69, 9.17) is 27.9 Å². The second-order valence-corrected chi connectivity index (χ2v) is 7.33. The minimum Gasteiger partial charge on any atom is -0.497 e. The molecule has 0 saturated carbocycles. The van der Waals surface area contributed by atoms with Gasteiger partial charge >= 0.3 is 0 Å². The van der Waals surface area contributed by atoms with Crippen LogP contribution in [-0.2, 0) is 4.79 Å². The number of nitro benzene ring substituents is 1. The molecular formula is C17H13Cl2N5O4S. The lowest BCUT2D eigenvalue weighted by atomic mass is 10.2. The van der Waals surface area contributed by atoms with Gasteiger partial charge < -0.3 is 10.1 Å². The van der Waals surface area contributed by atoms with Crippen LogP contribution in [0.4, 0.5) is 11.4 Å². The van der Waals surface area contributed by atoms with Gasteiger partial charge in [0, 0.05) is 17.7 Å². The van der Waals surface area contributed by atoms with Gasteiger partial charge in [0.25, 0.3) is 5.69 Å². The zero-order valence-electron chi connectivity index (χ0n) is 14.8. The number of nitrogens with one attached hydrogen (secondary N) is 2. The van der Waals surface area contributed by atoms with Gasteiger partial charge in [0.05, 0.1) is 33.5 Å². The number of amides is 1. The van der Waals surface area contributed by atoms with Gasteiger partial charge in [-0.3, -0.25) is 20.0 Å². The van der Waals surface area contributed by atoms with Crippen molar-refractivity contribution < 1.29 is 14.5 Å². The zero-order valence-corrected chi connectivity index (χ0v) is 17.1. The van der Waals surface area contributed by atoms with Crippen LogP contribution < -0.4 is 10.1 Å². The molecule has 2 N–H and O–H groups in total. The molecule has 1 heterocycles. The lowest BCUT2D eigenvalue weighted by Crippen LogP contribution is -2.15. The van der Waals surface area contributed by atoms with E-state index in [1.54, 1.807) is 19.2 Å². The summed E-state index contributed by atoms with van der Waals surface area (Å²) >= 11 is 13.1. The van der Waals surface area contributed by atoms with E-state index in [1.807, 2.05) is 12.1 Å². The first-order chi connectivity index (χ1) is 13.9. The van der Waals surface area contributed by atoms with Gasteiger partial charge in [-0.1, -0.05) is 35.0 Å². The molecule has 3 aromatic rings. The Morgan fingerprint density at radius 1 is 1.28 bits per heavy atom. The third-order valence-electron chi connectivity index (χ3n) is 3.66. The van der Waals surface area contributed by atoms with Crippen LogP contribution in [0.2, 0.25) is 10.0 Å². The van der Waals surface area contributed by atoms with Crippen LogP contribution in [0.15, 0.2) is 41.6 Å². The van der Waals surface area contributed by atoms with E-state index in [9.17, 15) is 14.9 Å². The second kappa shape index (κ2) is 9.12. The Morgan fingerprint density at radius 3 is 2.52 bits per heavy atom. The molecule has 0 bridgehead atoms. The van der Waals surface area contributed by atoms with E-state index in [0.29, 0.717) is 11.0 Å². The van der Waals surface area contributed by atoms with Crippen LogP contribution >= 0.6 is 35.0 Å². The number of carbonyl (C=O) groups is 1. The number of thioether (sulfide) groups is 1. The fraction of sp³-hybridized carbons (Fsp3) is 0.118. The number of benzene rings is 2. The van der Waals surface area contributed by atoms with Crippen molar-refractivity contribution in [2.75, 3.05) is 18.2 Å². The highest BCUT2D eigenvalue weighted by Gasteiger charge is 2.17. The Kier molecular flexibility index (Phi) is 6.57. The molecule has 1 aromatic heterocycles. The number of aromatic nitrogens is 3. The number of H-pyrrole nitrogens is 1. The van der Waals surface area contributed by atoms with Gasteiger partial charge in [0.2, 0.25) is 11.1 Å². The topological polar surface area (TPSA) is 123 Å². The van der Waals surface area contributed by atoms with Crippen molar-refractivity contribution >= 4 is 52.2 Å². The summed E-state index contributed by atoms with van der Waals surface area (Å²) in [6.07, 6.45) is 0. The molecule has 0 saturated heterocycles. The van der Waals surface area contributed by atoms with Gasteiger partial charge in [-0.15, -0.1) is 5.10 Å². The van der Waals surface area contributed by atoms with Crippen molar-refractivity contribution in [3.63, 3.8) is 0 Å². The highest BCUT2D eigenvalue weighted by Crippen LogP contribution is 2.34. The average molecular weight is 454 g/mol. The molecule has 9 nitrogen and oxygen atoms in total. The molecule has 0 aliphatic heterocycles. The molecule has 0 atom stereocenters. The Morgan fingerprint density at radius 2 is 1.93 bits per heavy atom. The number of nitro groups is 1. The van der Waals surface area contributed by atoms with Crippen molar-refractivity contribution in [3.8, 4) is 17.1 Å². The van der Waals surface area contributed by atoms with Gasteiger partial charge in [0.15, 0.2) is 5.82 Å². The first-order valence-electron chi connectivity index (χ1n) is 8.00. The number of ether oxygens (including phenoxy) is 1. The summed E-state index contributed by atoms with van der Waals surface area (Å²) in [5.74, 6) is 0.854. The minimum atomic E-state index is -0.622. The Hall–Kier alpha value is -2.82. The Bertz CT molecular complexity index is 1040. The van der Waals surface area contributed by atoms with Crippen LogP contribution in [0.3, 0.4) is 0 Å². The van der Waals surface area contributed by atoms with Crippen LogP contribution in [0.25, 0.3) is 11.4 Å². The molecule has 150 valence electrons. The predicted octanol–water partition coefficient (Wildman–Crippen LogP) is 4.43. The highest BCUT2D eigenvalue weighted by atomic mass is 35.5. The average Bonchev–Trinajstić information content (AvgIpc) is 3.18. The van der Waals surface area contributed by atoms with Gasteiger partial charge in [-0.25, -0.2) is 4.98 Å². The number of hydrogen-bond donors (Lipinski definition) is 2. The normalized spacial score (nSPS) is 10.6. The Balaban J connectivity index is 1.61. The molecule has 3 rings (SSSR count). The number of aromatic amines is 1. The van der Waals surface area contributed by atoms with E-state index in [-0.39, 0.29) is 27.2 Å². The summed E-state index contributed by atoms with van der Waals surface area (Å²) in [6.45, 7) is 0. The summed E-state index contributed by atoms with van der Waals surface area (Å²) in [4.78, 5) is 26.7. The molecule has 2 aromatic carbocycles. The summed E-state index contributed by atoms with van der Waals surface area (Å²) in [6, 6.07) is 9.50. The third-order valence-corrected chi connectivity index (χ3v) is 5.11. The maximum absolute atomic E-state index is 12.2. The number of anilines is 1. The first kappa shape index (κ1) is 20.9. The lowest BCUT2D eigenvalue weighted by molar-refractivity contribution is -0.384. The number of hydrogen-bond acceptors (Lipinski definition) is 7. The van der Waals surface area contributed by atoms with Crippen molar-refractivity contribution in [3.05, 3.63) is 56.6 Å². The quantitative estimate of drug-likeness (QED) is 0.308. The SMILES string of the molecule is COc1ccc(-c2nc(SCC(=O)Nc3c(Cl)cc([N+](=O)[O-])cc3Cl)n[nH]2)cc1. The number of rotatable bonds is 7. The van der Waals surface area contributed by atoms with Crippen LogP contribution in [0.1, 0.15) is 0 Å². The first-order valence-corrected chi connectivity index (χ1v) is 9.74. The van der Waals surface area contributed by atoms with E-state index < -0.39 is 10.8 Å². The highest BCUT2D eigenvalue weighted by molar-refractivity contribution is 7.99. The summed E-state index contributed by atoms with van der Waals surface area (Å²) < 4.78 is 5.11. The molecule has 1 amide bonds. The summed E-state index contributed by atoms with van der Waals surface area (Å²) in [5.41, 5.74) is 0.664. The molecule has 0 spiro atoms. The largest absolute Gasteiger partial charge is 0.497 e. The number of non-ortho nitro benzene ring substituents is 1. The number of methoxy groups -OCH3 is 1. The standard InChI is InChI=1S/C17H13Cl2N5O4S/c1-28-11-4-2-9(3-5-11)16-21-17(23-22-16)29-8-14(25)20-15-12(18)6-10(24(26)27)7-13(15)19/h2-7H,8H2,1H3,(H,20,25)(H,21,22,23). The van der Waals surface area contributed by atoms with Crippen LogP contribution in [0.5, 0.6) is 5.75 Å². The monoisotopic (exact) mass is 453 g/mol. The minimum absolute atomic E-state index is 0.0104. The van der Waals surface area contributed by atoms with Crippen molar-refractivity contribution in [1.29, 1.82) is 0 Å². The number of carbonyl (C=O) groups excluding carboxylic acids is 1. The maximum atomic E-state index is 12.2. The maximum Gasteiger partial charge on any atom is 0.272 e.